The minimum absolute atomic E-state index is 0.0428. The summed E-state index contributed by atoms with van der Waals surface area (Å²) in [6.45, 7) is 2.72. The van der Waals surface area contributed by atoms with E-state index in [1.807, 2.05) is 6.92 Å². The smallest absolute Gasteiger partial charge is 0.229 e. The Hall–Kier alpha value is -1.95. The standard InChI is InChI=1S/C15H19FN2O3/c1-10(9-21-2)18-8-11(7-14(18)19)15(20)17-13-5-3-12(16)4-6-13/h3-6,10-11H,7-9H2,1-2H3,(H,17,20)/t10-,11+/m0/s1. The highest BCUT2D eigenvalue weighted by molar-refractivity contribution is 5.97. The van der Waals surface area contributed by atoms with E-state index in [1.165, 1.54) is 24.3 Å². The summed E-state index contributed by atoms with van der Waals surface area (Å²) in [5.74, 6) is -1.01. The molecule has 1 aliphatic rings. The first-order valence-corrected chi connectivity index (χ1v) is 6.86. The van der Waals surface area contributed by atoms with Crippen LogP contribution in [0.4, 0.5) is 10.1 Å². The number of nitrogens with one attached hydrogen (secondary N) is 1. The molecule has 2 rings (SSSR count). The molecule has 0 spiro atoms. The number of carbonyl (C=O) groups excluding carboxylic acids is 2. The number of halogens is 1. The summed E-state index contributed by atoms with van der Waals surface area (Å²) < 4.78 is 17.9. The Morgan fingerprint density at radius 3 is 2.76 bits per heavy atom. The number of amides is 2. The molecule has 0 aliphatic carbocycles. The van der Waals surface area contributed by atoms with Crippen LogP contribution in [0.2, 0.25) is 0 Å². The first-order chi connectivity index (χ1) is 10.0. The minimum Gasteiger partial charge on any atom is -0.383 e. The van der Waals surface area contributed by atoms with Gasteiger partial charge in [-0.1, -0.05) is 0 Å². The van der Waals surface area contributed by atoms with E-state index in [4.69, 9.17) is 4.74 Å². The van der Waals surface area contributed by atoms with Crippen molar-refractivity contribution < 1.29 is 18.7 Å². The first kappa shape index (κ1) is 15.4. The van der Waals surface area contributed by atoms with Gasteiger partial charge in [-0.05, 0) is 31.2 Å². The molecule has 0 radical (unpaired) electrons. The van der Waals surface area contributed by atoms with Crippen molar-refractivity contribution in [3.8, 4) is 0 Å². The number of anilines is 1. The van der Waals surface area contributed by atoms with Gasteiger partial charge >= 0.3 is 0 Å². The van der Waals surface area contributed by atoms with Gasteiger partial charge in [0.25, 0.3) is 0 Å². The molecule has 1 aromatic carbocycles. The van der Waals surface area contributed by atoms with E-state index >= 15 is 0 Å². The molecule has 1 heterocycles. The average Bonchev–Trinajstić information content (AvgIpc) is 2.84. The number of benzene rings is 1. The molecule has 1 fully saturated rings. The second-order valence-corrected chi connectivity index (χ2v) is 5.25. The molecule has 6 heteroatoms. The molecular formula is C15H19FN2O3. The zero-order chi connectivity index (χ0) is 15.4. The molecule has 1 aromatic rings. The number of hydrogen-bond donors (Lipinski definition) is 1. The van der Waals surface area contributed by atoms with E-state index in [-0.39, 0.29) is 36.0 Å². The maximum Gasteiger partial charge on any atom is 0.229 e. The molecule has 0 aromatic heterocycles. The van der Waals surface area contributed by atoms with Crippen molar-refractivity contribution in [1.82, 2.24) is 4.90 Å². The first-order valence-electron chi connectivity index (χ1n) is 6.86. The summed E-state index contributed by atoms with van der Waals surface area (Å²) in [5.41, 5.74) is 0.525. The predicted molar refractivity (Wildman–Crippen MR) is 76.2 cm³/mol. The van der Waals surface area contributed by atoms with E-state index in [0.29, 0.717) is 18.8 Å². The van der Waals surface area contributed by atoms with E-state index in [9.17, 15) is 14.0 Å². The van der Waals surface area contributed by atoms with Crippen molar-refractivity contribution in [2.75, 3.05) is 25.6 Å². The number of hydrogen-bond acceptors (Lipinski definition) is 3. The predicted octanol–water partition coefficient (Wildman–Crippen LogP) is 1.65. The zero-order valence-corrected chi connectivity index (χ0v) is 12.1. The Morgan fingerprint density at radius 1 is 1.48 bits per heavy atom. The summed E-state index contributed by atoms with van der Waals surface area (Å²) in [4.78, 5) is 25.8. The molecule has 2 amide bonds. The average molecular weight is 294 g/mol. The van der Waals surface area contributed by atoms with Gasteiger partial charge < -0.3 is 15.0 Å². The Kier molecular flexibility index (Phi) is 4.90. The summed E-state index contributed by atoms with van der Waals surface area (Å²) in [6.07, 6.45) is 0.196. The van der Waals surface area contributed by atoms with Crippen LogP contribution >= 0.6 is 0 Å². The van der Waals surface area contributed by atoms with Gasteiger partial charge in [0, 0.05) is 25.8 Å². The summed E-state index contributed by atoms with van der Waals surface area (Å²) in [6, 6.07) is 5.50. The lowest BCUT2D eigenvalue weighted by Crippen LogP contribution is -2.38. The largest absolute Gasteiger partial charge is 0.383 e. The van der Waals surface area contributed by atoms with Crippen LogP contribution in [-0.4, -0.2) is 43.0 Å². The Labute approximate surface area is 123 Å². The molecule has 1 aliphatic heterocycles. The van der Waals surface area contributed by atoms with Gasteiger partial charge in [0.1, 0.15) is 5.82 Å². The van der Waals surface area contributed by atoms with Crippen LogP contribution < -0.4 is 5.32 Å². The monoisotopic (exact) mass is 294 g/mol. The molecule has 0 saturated carbocycles. The number of likely N-dealkylation sites (tertiary alicyclic amines) is 1. The van der Waals surface area contributed by atoms with Gasteiger partial charge in [0.15, 0.2) is 0 Å². The maximum atomic E-state index is 12.8. The fourth-order valence-corrected chi connectivity index (χ4v) is 2.44. The second kappa shape index (κ2) is 6.67. The van der Waals surface area contributed by atoms with Gasteiger partial charge in [0.05, 0.1) is 18.6 Å². The normalized spacial score (nSPS) is 19.7. The van der Waals surface area contributed by atoms with Crippen LogP contribution in [0.25, 0.3) is 0 Å². The van der Waals surface area contributed by atoms with E-state index in [1.54, 1.807) is 12.0 Å². The molecule has 5 nitrogen and oxygen atoms in total. The van der Waals surface area contributed by atoms with Crippen molar-refractivity contribution in [3.63, 3.8) is 0 Å². The zero-order valence-electron chi connectivity index (χ0n) is 12.1. The third-order valence-electron chi connectivity index (χ3n) is 3.58. The van der Waals surface area contributed by atoms with Gasteiger partial charge in [0.2, 0.25) is 11.8 Å². The lowest BCUT2D eigenvalue weighted by atomic mass is 10.1. The highest BCUT2D eigenvalue weighted by Crippen LogP contribution is 2.22. The number of nitrogens with zero attached hydrogens (tertiary/aromatic N) is 1. The Morgan fingerprint density at radius 2 is 2.14 bits per heavy atom. The number of carbonyl (C=O) groups is 2. The summed E-state index contributed by atoms with van der Waals surface area (Å²) in [7, 11) is 1.58. The SMILES string of the molecule is COC[C@H](C)N1C[C@H](C(=O)Nc2ccc(F)cc2)CC1=O. The maximum absolute atomic E-state index is 12.8. The highest BCUT2D eigenvalue weighted by Gasteiger charge is 2.36. The second-order valence-electron chi connectivity index (χ2n) is 5.25. The van der Waals surface area contributed by atoms with Crippen molar-refractivity contribution in [3.05, 3.63) is 30.1 Å². The molecule has 0 unspecified atom stereocenters. The van der Waals surface area contributed by atoms with Crippen molar-refractivity contribution in [2.45, 2.75) is 19.4 Å². The van der Waals surface area contributed by atoms with Gasteiger partial charge in [-0.2, -0.15) is 0 Å². The van der Waals surface area contributed by atoms with Crippen LogP contribution in [0.1, 0.15) is 13.3 Å². The lowest BCUT2D eigenvalue weighted by molar-refractivity contribution is -0.130. The van der Waals surface area contributed by atoms with Crippen LogP contribution in [0.15, 0.2) is 24.3 Å². The van der Waals surface area contributed by atoms with Crippen molar-refractivity contribution in [1.29, 1.82) is 0 Å². The number of methoxy groups -OCH3 is 1. The molecule has 1 saturated heterocycles. The number of ether oxygens (including phenoxy) is 1. The molecule has 114 valence electrons. The van der Waals surface area contributed by atoms with Gasteiger partial charge in [-0.25, -0.2) is 4.39 Å². The topological polar surface area (TPSA) is 58.6 Å². The highest BCUT2D eigenvalue weighted by atomic mass is 19.1. The fraction of sp³-hybridized carbons (Fsp3) is 0.467. The third-order valence-corrected chi connectivity index (χ3v) is 3.58. The Bertz CT molecular complexity index is 518. The van der Waals surface area contributed by atoms with E-state index < -0.39 is 0 Å². The number of rotatable bonds is 5. The Balaban J connectivity index is 1.95. The van der Waals surface area contributed by atoms with Crippen LogP contribution in [-0.2, 0) is 14.3 Å². The van der Waals surface area contributed by atoms with Crippen LogP contribution in [0.5, 0.6) is 0 Å². The minimum atomic E-state index is -0.387. The quantitative estimate of drug-likeness (QED) is 0.898. The van der Waals surface area contributed by atoms with Gasteiger partial charge in [-0.3, -0.25) is 9.59 Å². The van der Waals surface area contributed by atoms with E-state index in [0.717, 1.165) is 0 Å². The summed E-state index contributed by atoms with van der Waals surface area (Å²) in [5, 5.41) is 2.71. The molecular weight excluding hydrogens is 275 g/mol. The van der Waals surface area contributed by atoms with Crippen molar-refractivity contribution >= 4 is 17.5 Å². The van der Waals surface area contributed by atoms with Crippen LogP contribution in [0.3, 0.4) is 0 Å². The lowest BCUT2D eigenvalue weighted by Gasteiger charge is -2.23. The molecule has 2 atom stereocenters. The molecule has 1 N–H and O–H groups in total. The third kappa shape index (κ3) is 3.78. The fourth-order valence-electron chi connectivity index (χ4n) is 2.44. The van der Waals surface area contributed by atoms with Crippen LogP contribution in [0, 0.1) is 11.7 Å². The van der Waals surface area contributed by atoms with Gasteiger partial charge in [-0.15, -0.1) is 0 Å². The molecule has 21 heavy (non-hydrogen) atoms. The summed E-state index contributed by atoms with van der Waals surface area (Å²) >= 11 is 0. The molecule has 0 bridgehead atoms. The van der Waals surface area contributed by atoms with E-state index in [2.05, 4.69) is 5.32 Å². The van der Waals surface area contributed by atoms with Crippen molar-refractivity contribution in [2.24, 2.45) is 5.92 Å².